The van der Waals surface area contributed by atoms with Crippen LogP contribution in [0.1, 0.15) is 32.1 Å². The summed E-state index contributed by atoms with van der Waals surface area (Å²) in [7, 11) is 0. The zero-order valence-corrected chi connectivity index (χ0v) is 8.71. The molecule has 2 atom stereocenters. The van der Waals surface area contributed by atoms with Crippen LogP contribution < -0.4 is 0 Å². The van der Waals surface area contributed by atoms with Gasteiger partial charge in [-0.05, 0) is 37.7 Å². The van der Waals surface area contributed by atoms with E-state index in [0.717, 1.165) is 11.8 Å². The Bertz CT molecular complexity index is 176. The van der Waals surface area contributed by atoms with Gasteiger partial charge in [0.05, 0.1) is 0 Å². The molecule has 62 valence electrons. The lowest BCUT2D eigenvalue weighted by molar-refractivity contribution is 0.313. The Kier molecular flexibility index (Phi) is 2.39. The second-order valence-corrected chi connectivity index (χ2v) is 4.00. The summed E-state index contributed by atoms with van der Waals surface area (Å²) < 4.78 is 5.34. The van der Waals surface area contributed by atoms with Crippen molar-refractivity contribution < 1.29 is 3.07 Å². The highest BCUT2D eigenvalue weighted by Crippen LogP contribution is 2.43. The standard InChI is InChI=1S/C9H13IO/c10-11-9-6-2-4-7-3-1-5-8(7)9/h6-8H,1-5H2. The van der Waals surface area contributed by atoms with Crippen LogP contribution in [0.4, 0.5) is 0 Å². The van der Waals surface area contributed by atoms with Gasteiger partial charge in [0.1, 0.15) is 5.76 Å². The van der Waals surface area contributed by atoms with Gasteiger partial charge in [0.15, 0.2) is 23.0 Å². The van der Waals surface area contributed by atoms with E-state index in [4.69, 9.17) is 3.07 Å². The summed E-state index contributed by atoms with van der Waals surface area (Å²) in [6.45, 7) is 0. The Morgan fingerprint density at radius 3 is 3.09 bits per heavy atom. The van der Waals surface area contributed by atoms with Gasteiger partial charge in [-0.15, -0.1) is 0 Å². The molecule has 0 heterocycles. The molecule has 1 saturated carbocycles. The summed E-state index contributed by atoms with van der Waals surface area (Å²) in [4.78, 5) is 0. The molecule has 2 aliphatic carbocycles. The molecule has 2 rings (SSSR count). The predicted molar refractivity (Wildman–Crippen MR) is 53.3 cm³/mol. The molecular weight excluding hydrogens is 251 g/mol. The van der Waals surface area contributed by atoms with Crippen LogP contribution in [0.25, 0.3) is 0 Å². The van der Waals surface area contributed by atoms with Crippen molar-refractivity contribution in [3.8, 4) is 0 Å². The van der Waals surface area contributed by atoms with Gasteiger partial charge in [0.2, 0.25) is 0 Å². The topological polar surface area (TPSA) is 9.23 Å². The van der Waals surface area contributed by atoms with Gasteiger partial charge in [-0.2, -0.15) is 0 Å². The number of halogens is 1. The smallest absolute Gasteiger partial charge is 0.192 e. The average Bonchev–Trinajstić information content (AvgIpc) is 2.50. The Balaban J connectivity index is 2.13. The van der Waals surface area contributed by atoms with Crippen molar-refractivity contribution >= 4 is 23.0 Å². The third kappa shape index (κ3) is 1.42. The summed E-state index contributed by atoms with van der Waals surface area (Å²) >= 11 is 2.01. The molecule has 0 spiro atoms. The molecule has 0 saturated heterocycles. The molecule has 0 aromatic heterocycles. The van der Waals surface area contributed by atoms with E-state index in [2.05, 4.69) is 6.08 Å². The van der Waals surface area contributed by atoms with Crippen LogP contribution in [0.2, 0.25) is 0 Å². The van der Waals surface area contributed by atoms with Gasteiger partial charge >= 0.3 is 0 Å². The van der Waals surface area contributed by atoms with E-state index in [1.54, 1.807) is 0 Å². The van der Waals surface area contributed by atoms with Crippen molar-refractivity contribution in [3.05, 3.63) is 11.8 Å². The molecule has 0 radical (unpaired) electrons. The fourth-order valence-electron chi connectivity index (χ4n) is 2.44. The van der Waals surface area contributed by atoms with Crippen LogP contribution in [-0.4, -0.2) is 0 Å². The maximum atomic E-state index is 5.34. The summed E-state index contributed by atoms with van der Waals surface area (Å²) in [5, 5.41) is 0. The van der Waals surface area contributed by atoms with Crippen molar-refractivity contribution in [2.45, 2.75) is 32.1 Å². The van der Waals surface area contributed by atoms with Crippen LogP contribution in [0.15, 0.2) is 11.8 Å². The lowest BCUT2D eigenvalue weighted by Gasteiger charge is -2.24. The fraction of sp³-hybridized carbons (Fsp3) is 0.778. The molecule has 0 amide bonds. The molecule has 2 heteroatoms. The first-order valence-corrected chi connectivity index (χ1v) is 5.28. The molecule has 2 aliphatic rings. The molecule has 1 fully saturated rings. The average molecular weight is 264 g/mol. The van der Waals surface area contributed by atoms with Crippen molar-refractivity contribution in [2.24, 2.45) is 11.8 Å². The molecule has 1 nitrogen and oxygen atoms in total. The van der Waals surface area contributed by atoms with Crippen LogP contribution in [0.5, 0.6) is 0 Å². The highest BCUT2D eigenvalue weighted by Gasteiger charge is 2.32. The van der Waals surface area contributed by atoms with Gasteiger partial charge in [0, 0.05) is 5.92 Å². The van der Waals surface area contributed by atoms with E-state index >= 15 is 0 Å². The number of rotatable bonds is 1. The summed E-state index contributed by atoms with van der Waals surface area (Å²) in [6.07, 6.45) is 9.11. The van der Waals surface area contributed by atoms with E-state index in [1.165, 1.54) is 37.9 Å². The highest BCUT2D eigenvalue weighted by molar-refractivity contribution is 14.1. The summed E-state index contributed by atoms with van der Waals surface area (Å²) in [5.74, 6) is 2.99. The second-order valence-electron chi connectivity index (χ2n) is 3.56. The van der Waals surface area contributed by atoms with Crippen molar-refractivity contribution in [2.75, 3.05) is 0 Å². The minimum atomic E-state index is 0.778. The van der Waals surface area contributed by atoms with Gasteiger partial charge in [-0.25, -0.2) is 0 Å². The van der Waals surface area contributed by atoms with E-state index in [-0.39, 0.29) is 0 Å². The van der Waals surface area contributed by atoms with Crippen molar-refractivity contribution in [1.29, 1.82) is 0 Å². The quantitative estimate of drug-likeness (QED) is 0.659. The summed E-state index contributed by atoms with van der Waals surface area (Å²) in [5.41, 5.74) is 0. The zero-order valence-electron chi connectivity index (χ0n) is 6.55. The maximum Gasteiger partial charge on any atom is 0.192 e. The molecule has 2 unspecified atom stereocenters. The van der Waals surface area contributed by atoms with Gasteiger partial charge in [0.25, 0.3) is 0 Å². The van der Waals surface area contributed by atoms with Crippen molar-refractivity contribution in [1.82, 2.24) is 0 Å². The van der Waals surface area contributed by atoms with Gasteiger partial charge in [-0.3, -0.25) is 0 Å². The lowest BCUT2D eigenvalue weighted by atomic mass is 9.85. The Morgan fingerprint density at radius 2 is 2.27 bits per heavy atom. The van der Waals surface area contributed by atoms with Crippen LogP contribution >= 0.6 is 23.0 Å². The van der Waals surface area contributed by atoms with E-state index < -0.39 is 0 Å². The van der Waals surface area contributed by atoms with E-state index in [0.29, 0.717) is 0 Å². The largest absolute Gasteiger partial charge is 0.432 e. The predicted octanol–water partition coefficient (Wildman–Crippen LogP) is 3.45. The number of fused-ring (bicyclic) bond motifs is 1. The second kappa shape index (κ2) is 3.33. The first-order valence-electron chi connectivity index (χ1n) is 4.40. The Morgan fingerprint density at radius 1 is 1.36 bits per heavy atom. The van der Waals surface area contributed by atoms with Crippen LogP contribution in [-0.2, 0) is 3.07 Å². The van der Waals surface area contributed by atoms with Crippen LogP contribution in [0.3, 0.4) is 0 Å². The van der Waals surface area contributed by atoms with Crippen LogP contribution in [0, 0.1) is 11.8 Å². The van der Waals surface area contributed by atoms with E-state index in [1.807, 2.05) is 23.0 Å². The molecule has 0 aromatic carbocycles. The molecular formula is C9H13IO. The molecule has 0 bridgehead atoms. The fourth-order valence-corrected chi connectivity index (χ4v) is 2.94. The lowest BCUT2D eigenvalue weighted by Crippen LogP contribution is -2.14. The number of allylic oxidation sites excluding steroid dienone is 2. The number of hydrogen-bond donors (Lipinski definition) is 0. The molecule has 11 heavy (non-hydrogen) atoms. The zero-order chi connectivity index (χ0) is 7.68. The minimum Gasteiger partial charge on any atom is -0.432 e. The van der Waals surface area contributed by atoms with Gasteiger partial charge < -0.3 is 3.07 Å². The molecule has 0 N–H and O–H groups in total. The van der Waals surface area contributed by atoms with Gasteiger partial charge in [-0.1, -0.05) is 6.42 Å². The third-order valence-electron chi connectivity index (χ3n) is 3.00. The minimum absolute atomic E-state index is 0.778. The maximum absolute atomic E-state index is 5.34. The number of hydrogen-bond acceptors (Lipinski definition) is 1. The van der Waals surface area contributed by atoms with E-state index in [9.17, 15) is 0 Å². The highest BCUT2D eigenvalue weighted by atomic mass is 127. The Labute approximate surface area is 81.9 Å². The molecule has 0 aromatic rings. The molecule has 0 aliphatic heterocycles. The van der Waals surface area contributed by atoms with Crippen molar-refractivity contribution in [3.63, 3.8) is 0 Å². The SMILES string of the molecule is IOC1=CCCC2CCCC12. The summed E-state index contributed by atoms with van der Waals surface area (Å²) in [6, 6.07) is 0. The monoisotopic (exact) mass is 264 g/mol. The first kappa shape index (κ1) is 7.90. The Hall–Kier alpha value is 0.270. The normalized spacial score (nSPS) is 36.3. The first-order chi connectivity index (χ1) is 5.42. The third-order valence-corrected chi connectivity index (χ3v) is 3.51.